The van der Waals surface area contributed by atoms with E-state index in [-0.39, 0.29) is 12.3 Å². The first-order valence-electron chi connectivity index (χ1n) is 4.64. The van der Waals surface area contributed by atoms with Gasteiger partial charge < -0.3 is 9.47 Å². The molecular formula is C8H15ClN2O3. The molecule has 1 unspecified atom stereocenters. The van der Waals surface area contributed by atoms with Crippen LogP contribution in [0, 0.1) is 0 Å². The van der Waals surface area contributed by atoms with Crippen molar-refractivity contribution in [3.63, 3.8) is 0 Å². The molecule has 5 nitrogen and oxygen atoms in total. The van der Waals surface area contributed by atoms with Crippen molar-refractivity contribution in [3.8, 4) is 0 Å². The van der Waals surface area contributed by atoms with Crippen molar-refractivity contribution in [1.29, 1.82) is 0 Å². The predicted molar refractivity (Wildman–Crippen MR) is 51.4 cm³/mol. The number of nitrogens with zero attached hydrogens (tertiary/aromatic N) is 1. The van der Waals surface area contributed by atoms with Crippen LogP contribution in [-0.4, -0.2) is 30.0 Å². The standard InChI is InChI=1S/C8H15ClN2O3/c9-6-14-8(12)11(10)7-4-2-1-3-5-13-7/h7H,1-6,10H2. The fourth-order valence-corrected chi connectivity index (χ4v) is 1.45. The van der Waals surface area contributed by atoms with Crippen molar-refractivity contribution >= 4 is 17.7 Å². The molecule has 14 heavy (non-hydrogen) atoms. The number of carbonyl (C=O) groups excluding carboxylic acids is 1. The van der Waals surface area contributed by atoms with Crippen LogP contribution >= 0.6 is 11.6 Å². The largest absolute Gasteiger partial charge is 0.432 e. The summed E-state index contributed by atoms with van der Waals surface area (Å²) in [6, 6.07) is -0.195. The maximum atomic E-state index is 11.2. The zero-order valence-corrected chi connectivity index (χ0v) is 8.70. The number of ether oxygens (including phenoxy) is 2. The van der Waals surface area contributed by atoms with Gasteiger partial charge in [0.05, 0.1) is 0 Å². The van der Waals surface area contributed by atoms with Crippen LogP contribution in [0.2, 0.25) is 0 Å². The van der Waals surface area contributed by atoms with Crippen LogP contribution in [0.3, 0.4) is 0 Å². The summed E-state index contributed by atoms with van der Waals surface area (Å²) < 4.78 is 9.93. The number of amides is 1. The Morgan fingerprint density at radius 2 is 2.36 bits per heavy atom. The lowest BCUT2D eigenvalue weighted by Gasteiger charge is -2.24. The van der Waals surface area contributed by atoms with Crippen molar-refractivity contribution in [3.05, 3.63) is 0 Å². The highest BCUT2D eigenvalue weighted by Crippen LogP contribution is 2.15. The average Bonchev–Trinajstić information content (AvgIpc) is 2.45. The first-order valence-corrected chi connectivity index (χ1v) is 5.17. The van der Waals surface area contributed by atoms with Gasteiger partial charge in [-0.2, -0.15) is 0 Å². The second-order valence-electron chi connectivity index (χ2n) is 3.10. The summed E-state index contributed by atoms with van der Waals surface area (Å²) in [5.74, 6) is 5.52. The number of alkyl halides is 1. The van der Waals surface area contributed by atoms with Gasteiger partial charge in [0.15, 0.2) is 6.07 Å². The number of hydrogen-bond donors (Lipinski definition) is 1. The molecule has 0 aliphatic carbocycles. The first-order chi connectivity index (χ1) is 6.75. The topological polar surface area (TPSA) is 64.8 Å². The Hall–Kier alpha value is -0.520. The van der Waals surface area contributed by atoms with E-state index in [0.717, 1.165) is 30.7 Å². The van der Waals surface area contributed by atoms with E-state index >= 15 is 0 Å². The summed E-state index contributed by atoms with van der Waals surface area (Å²) in [7, 11) is 0. The lowest BCUT2D eigenvalue weighted by Crippen LogP contribution is -2.47. The van der Waals surface area contributed by atoms with Crippen molar-refractivity contribution in [1.82, 2.24) is 5.01 Å². The van der Waals surface area contributed by atoms with Crippen LogP contribution < -0.4 is 5.84 Å². The van der Waals surface area contributed by atoms with Gasteiger partial charge >= 0.3 is 6.09 Å². The molecule has 1 aliphatic heterocycles. The van der Waals surface area contributed by atoms with E-state index in [0.29, 0.717) is 6.61 Å². The minimum atomic E-state index is -0.646. The summed E-state index contributed by atoms with van der Waals surface area (Å²) in [4.78, 5) is 11.2. The predicted octanol–water partition coefficient (Wildman–Crippen LogP) is 1.41. The molecule has 1 aliphatic rings. The highest BCUT2D eigenvalue weighted by Gasteiger charge is 2.23. The normalized spacial score (nSPS) is 22.6. The van der Waals surface area contributed by atoms with Crippen molar-refractivity contribution in [2.45, 2.75) is 31.9 Å². The summed E-state index contributed by atoms with van der Waals surface area (Å²) in [6.45, 7) is 0.631. The molecule has 0 aromatic heterocycles. The zero-order chi connectivity index (χ0) is 10.4. The maximum absolute atomic E-state index is 11.2. The summed E-state index contributed by atoms with van der Waals surface area (Å²) in [5, 5.41) is 0.966. The van der Waals surface area contributed by atoms with Crippen LogP contribution in [0.1, 0.15) is 25.7 Å². The van der Waals surface area contributed by atoms with Gasteiger partial charge in [0, 0.05) is 6.61 Å². The fourth-order valence-electron chi connectivity index (χ4n) is 1.36. The molecule has 6 heteroatoms. The second kappa shape index (κ2) is 6.06. The molecule has 1 heterocycles. The third-order valence-corrected chi connectivity index (χ3v) is 2.21. The molecule has 0 radical (unpaired) electrons. The second-order valence-corrected chi connectivity index (χ2v) is 3.32. The smallest absolute Gasteiger partial charge is 0.427 e. The number of halogens is 1. The van der Waals surface area contributed by atoms with Crippen LogP contribution in [0.25, 0.3) is 0 Å². The molecule has 2 N–H and O–H groups in total. The Labute approximate surface area is 88.0 Å². The highest BCUT2D eigenvalue weighted by molar-refractivity contribution is 6.17. The Bertz CT molecular complexity index is 183. The van der Waals surface area contributed by atoms with E-state index < -0.39 is 6.09 Å². The SMILES string of the molecule is NN(C(=O)OCCl)C1CCCCCO1. The molecule has 0 saturated carbocycles. The van der Waals surface area contributed by atoms with Crippen LogP contribution in [0.5, 0.6) is 0 Å². The molecule has 82 valence electrons. The van der Waals surface area contributed by atoms with Gasteiger partial charge in [-0.25, -0.2) is 15.6 Å². The first kappa shape index (κ1) is 11.6. The molecule has 1 atom stereocenters. The number of nitrogens with two attached hydrogens (primary N) is 1. The Balaban J connectivity index is 2.40. The Morgan fingerprint density at radius 3 is 3.07 bits per heavy atom. The van der Waals surface area contributed by atoms with Gasteiger partial charge in [0.2, 0.25) is 0 Å². The Morgan fingerprint density at radius 1 is 1.57 bits per heavy atom. The molecule has 1 rings (SSSR count). The van der Waals surface area contributed by atoms with Gasteiger partial charge in [-0.3, -0.25) is 0 Å². The third-order valence-electron chi connectivity index (χ3n) is 2.10. The van der Waals surface area contributed by atoms with Crippen molar-refractivity contribution in [2.75, 3.05) is 12.7 Å². The quantitative estimate of drug-likeness (QED) is 0.332. The monoisotopic (exact) mass is 222 g/mol. The van der Waals surface area contributed by atoms with E-state index in [2.05, 4.69) is 4.74 Å². The average molecular weight is 223 g/mol. The number of hydrogen-bond acceptors (Lipinski definition) is 4. The van der Waals surface area contributed by atoms with Crippen molar-refractivity contribution < 1.29 is 14.3 Å². The van der Waals surface area contributed by atoms with E-state index in [1.165, 1.54) is 0 Å². The van der Waals surface area contributed by atoms with Gasteiger partial charge in [-0.05, 0) is 19.3 Å². The van der Waals surface area contributed by atoms with E-state index in [1.54, 1.807) is 0 Å². The molecule has 0 spiro atoms. The molecule has 0 bridgehead atoms. The molecule has 0 aromatic rings. The number of carbonyl (C=O) groups is 1. The summed E-state index contributed by atoms with van der Waals surface area (Å²) >= 11 is 5.25. The molecule has 1 fully saturated rings. The molecular weight excluding hydrogens is 208 g/mol. The van der Waals surface area contributed by atoms with Crippen molar-refractivity contribution in [2.24, 2.45) is 5.84 Å². The summed E-state index contributed by atoms with van der Waals surface area (Å²) in [5.41, 5.74) is 0. The lowest BCUT2D eigenvalue weighted by atomic mass is 10.2. The minimum Gasteiger partial charge on any atom is -0.432 e. The maximum Gasteiger partial charge on any atom is 0.427 e. The highest BCUT2D eigenvalue weighted by atomic mass is 35.5. The number of rotatable bonds is 2. The lowest BCUT2D eigenvalue weighted by molar-refractivity contribution is -0.0497. The van der Waals surface area contributed by atoms with E-state index in [9.17, 15) is 4.79 Å². The summed E-state index contributed by atoms with van der Waals surface area (Å²) in [6.07, 6.45) is 2.84. The molecule has 1 saturated heterocycles. The molecule has 1 amide bonds. The fraction of sp³-hybridized carbons (Fsp3) is 0.875. The van der Waals surface area contributed by atoms with Gasteiger partial charge in [0.25, 0.3) is 0 Å². The minimum absolute atomic E-state index is 0.195. The van der Waals surface area contributed by atoms with Gasteiger partial charge in [-0.1, -0.05) is 18.0 Å². The van der Waals surface area contributed by atoms with Gasteiger partial charge in [0.1, 0.15) is 6.23 Å². The van der Waals surface area contributed by atoms with Crippen LogP contribution in [0.4, 0.5) is 4.79 Å². The Kier molecular flexibility index (Phi) is 5.00. The molecule has 0 aromatic carbocycles. The van der Waals surface area contributed by atoms with Gasteiger partial charge in [-0.15, -0.1) is 0 Å². The zero-order valence-electron chi connectivity index (χ0n) is 7.95. The van der Waals surface area contributed by atoms with E-state index in [4.69, 9.17) is 22.2 Å². The van der Waals surface area contributed by atoms with E-state index in [1.807, 2.05) is 0 Å². The van der Waals surface area contributed by atoms with Crippen LogP contribution in [-0.2, 0) is 9.47 Å². The third kappa shape index (κ3) is 3.32. The number of hydrazine groups is 1. The van der Waals surface area contributed by atoms with Crippen LogP contribution in [0.15, 0.2) is 0 Å².